The van der Waals surface area contributed by atoms with Crippen LogP contribution in [0.15, 0.2) is 48.7 Å². The number of benzene rings is 1. The molecule has 0 radical (unpaired) electrons. The summed E-state index contributed by atoms with van der Waals surface area (Å²) in [6, 6.07) is 13.5. The van der Waals surface area contributed by atoms with Gasteiger partial charge in [-0.3, -0.25) is 9.59 Å². The second kappa shape index (κ2) is 7.26. The zero-order valence-corrected chi connectivity index (χ0v) is 16.2. The Morgan fingerprint density at radius 1 is 1.18 bits per heavy atom. The normalized spacial score (nSPS) is 21.8. The van der Waals surface area contributed by atoms with Crippen molar-refractivity contribution in [3.05, 3.63) is 59.8 Å². The molecule has 1 atom stereocenters. The van der Waals surface area contributed by atoms with Gasteiger partial charge >= 0.3 is 0 Å². The van der Waals surface area contributed by atoms with Crippen LogP contribution in [-0.4, -0.2) is 48.4 Å². The molecule has 2 aliphatic rings. The van der Waals surface area contributed by atoms with Gasteiger partial charge in [0.25, 0.3) is 0 Å². The van der Waals surface area contributed by atoms with Crippen LogP contribution in [-0.2, 0) is 4.79 Å². The SMILES string of the molecule is CN1CC2(CCN(c3cc(C(N)=O)ccn3)CC2)C[C@H](c2ccccc2)C1=O. The molecule has 0 aliphatic carbocycles. The van der Waals surface area contributed by atoms with E-state index in [2.05, 4.69) is 22.0 Å². The molecule has 146 valence electrons. The molecule has 0 saturated carbocycles. The molecule has 2 saturated heterocycles. The molecule has 6 nitrogen and oxygen atoms in total. The average molecular weight is 378 g/mol. The maximum absolute atomic E-state index is 12.8. The van der Waals surface area contributed by atoms with Gasteiger partial charge in [0.15, 0.2) is 0 Å². The van der Waals surface area contributed by atoms with Crippen LogP contribution >= 0.6 is 0 Å². The predicted octanol–water partition coefficient (Wildman–Crippen LogP) is 2.41. The number of hydrogen-bond acceptors (Lipinski definition) is 4. The summed E-state index contributed by atoms with van der Waals surface area (Å²) in [7, 11) is 1.92. The molecule has 1 aromatic heterocycles. The number of pyridine rings is 1. The van der Waals surface area contributed by atoms with Crippen molar-refractivity contribution in [2.24, 2.45) is 11.1 Å². The molecule has 3 heterocycles. The summed E-state index contributed by atoms with van der Waals surface area (Å²) < 4.78 is 0. The van der Waals surface area contributed by atoms with Crippen molar-refractivity contribution in [2.75, 3.05) is 31.6 Å². The highest BCUT2D eigenvalue weighted by atomic mass is 16.2. The second-order valence-corrected chi connectivity index (χ2v) is 8.12. The fraction of sp³-hybridized carbons (Fsp3) is 0.409. The van der Waals surface area contributed by atoms with Crippen molar-refractivity contribution in [1.82, 2.24) is 9.88 Å². The van der Waals surface area contributed by atoms with E-state index in [1.807, 2.05) is 30.1 Å². The van der Waals surface area contributed by atoms with Crippen molar-refractivity contribution < 1.29 is 9.59 Å². The molecule has 0 unspecified atom stereocenters. The lowest BCUT2D eigenvalue weighted by atomic mass is 9.68. The van der Waals surface area contributed by atoms with E-state index < -0.39 is 5.91 Å². The number of likely N-dealkylation sites (N-methyl/N-ethyl adjacent to an activating group) is 1. The number of amides is 2. The number of carbonyl (C=O) groups excluding carboxylic acids is 2. The Morgan fingerprint density at radius 3 is 2.57 bits per heavy atom. The number of likely N-dealkylation sites (tertiary alicyclic amines) is 1. The fourth-order valence-corrected chi connectivity index (χ4v) is 4.69. The number of aromatic nitrogens is 1. The highest BCUT2D eigenvalue weighted by Crippen LogP contribution is 2.45. The van der Waals surface area contributed by atoms with Gasteiger partial charge in [-0.05, 0) is 42.4 Å². The zero-order chi connectivity index (χ0) is 19.7. The van der Waals surface area contributed by atoms with Crippen LogP contribution in [0.2, 0.25) is 0 Å². The van der Waals surface area contributed by atoms with Gasteiger partial charge in [0.2, 0.25) is 11.8 Å². The quantitative estimate of drug-likeness (QED) is 0.890. The Labute approximate surface area is 165 Å². The Hall–Kier alpha value is -2.89. The number of hydrogen-bond donors (Lipinski definition) is 1. The van der Waals surface area contributed by atoms with Crippen molar-refractivity contribution in [2.45, 2.75) is 25.2 Å². The molecule has 28 heavy (non-hydrogen) atoms. The number of nitrogens with two attached hydrogens (primary N) is 1. The van der Waals surface area contributed by atoms with Crippen LogP contribution in [0, 0.1) is 5.41 Å². The fourth-order valence-electron chi connectivity index (χ4n) is 4.69. The van der Waals surface area contributed by atoms with Crippen LogP contribution in [0.4, 0.5) is 5.82 Å². The third-order valence-corrected chi connectivity index (χ3v) is 6.26. The third-order valence-electron chi connectivity index (χ3n) is 6.26. The average Bonchev–Trinajstić information content (AvgIpc) is 2.72. The summed E-state index contributed by atoms with van der Waals surface area (Å²) in [5.41, 5.74) is 7.12. The predicted molar refractivity (Wildman–Crippen MR) is 108 cm³/mol. The minimum Gasteiger partial charge on any atom is -0.366 e. The topological polar surface area (TPSA) is 79.5 Å². The van der Waals surface area contributed by atoms with Gasteiger partial charge in [-0.2, -0.15) is 0 Å². The van der Waals surface area contributed by atoms with Crippen molar-refractivity contribution in [3.8, 4) is 0 Å². The largest absolute Gasteiger partial charge is 0.366 e. The maximum Gasteiger partial charge on any atom is 0.248 e. The van der Waals surface area contributed by atoms with Crippen molar-refractivity contribution in [1.29, 1.82) is 0 Å². The molecule has 1 aromatic carbocycles. The Bertz CT molecular complexity index is 875. The number of primary amides is 1. The van der Waals surface area contributed by atoms with E-state index in [-0.39, 0.29) is 17.2 Å². The van der Waals surface area contributed by atoms with E-state index >= 15 is 0 Å². The molecule has 4 rings (SSSR count). The first-order valence-electron chi connectivity index (χ1n) is 9.78. The molecular formula is C22H26N4O2. The van der Waals surface area contributed by atoms with Crippen LogP contribution in [0.5, 0.6) is 0 Å². The molecule has 0 bridgehead atoms. The van der Waals surface area contributed by atoms with E-state index in [1.165, 1.54) is 0 Å². The van der Waals surface area contributed by atoms with Gasteiger partial charge in [0, 0.05) is 38.4 Å². The Balaban J connectivity index is 1.51. The number of piperidine rings is 2. The molecule has 2 N–H and O–H groups in total. The summed E-state index contributed by atoms with van der Waals surface area (Å²) in [5, 5.41) is 0. The smallest absolute Gasteiger partial charge is 0.248 e. The maximum atomic E-state index is 12.8. The lowest BCUT2D eigenvalue weighted by molar-refractivity contribution is -0.138. The van der Waals surface area contributed by atoms with Crippen molar-refractivity contribution >= 4 is 17.6 Å². The van der Waals surface area contributed by atoms with Gasteiger partial charge < -0.3 is 15.5 Å². The number of nitrogens with zero attached hydrogens (tertiary/aromatic N) is 3. The molecule has 1 spiro atoms. The number of anilines is 1. The summed E-state index contributed by atoms with van der Waals surface area (Å²) in [6.07, 6.45) is 4.52. The molecule has 2 fully saturated rings. The van der Waals surface area contributed by atoms with E-state index in [0.717, 1.165) is 50.3 Å². The van der Waals surface area contributed by atoms with Gasteiger partial charge in [0.05, 0.1) is 5.92 Å². The van der Waals surface area contributed by atoms with Crippen molar-refractivity contribution in [3.63, 3.8) is 0 Å². The first-order chi connectivity index (χ1) is 13.5. The molecule has 2 aromatic rings. The van der Waals surface area contributed by atoms with Crippen LogP contribution in [0.1, 0.15) is 41.1 Å². The highest BCUT2D eigenvalue weighted by molar-refractivity contribution is 5.93. The Kier molecular flexibility index (Phi) is 4.79. The van der Waals surface area contributed by atoms with Gasteiger partial charge in [-0.1, -0.05) is 30.3 Å². The van der Waals surface area contributed by atoms with E-state index in [0.29, 0.717) is 5.56 Å². The lowest BCUT2D eigenvalue weighted by Gasteiger charge is -2.49. The standard InChI is InChI=1S/C22H26N4O2/c1-25-15-22(14-18(21(25)28)16-5-3-2-4-6-16)8-11-26(12-9-22)19-13-17(20(23)27)7-10-24-19/h2-7,10,13,18H,8-9,11-12,14-15H2,1H3,(H2,23,27)/t18-/m1/s1. The first kappa shape index (κ1) is 18.5. The van der Waals surface area contributed by atoms with E-state index in [9.17, 15) is 9.59 Å². The summed E-state index contributed by atoms with van der Waals surface area (Å²) in [6.45, 7) is 2.52. The van der Waals surface area contributed by atoms with Gasteiger partial charge in [-0.25, -0.2) is 4.98 Å². The highest BCUT2D eigenvalue weighted by Gasteiger charge is 2.45. The minimum absolute atomic E-state index is 0.0668. The summed E-state index contributed by atoms with van der Waals surface area (Å²) in [5.74, 6) is 0.513. The lowest BCUT2D eigenvalue weighted by Crippen LogP contribution is -2.53. The van der Waals surface area contributed by atoms with Gasteiger partial charge in [0.1, 0.15) is 5.82 Å². The Morgan fingerprint density at radius 2 is 1.89 bits per heavy atom. The van der Waals surface area contributed by atoms with E-state index in [4.69, 9.17) is 5.73 Å². The molecular weight excluding hydrogens is 352 g/mol. The van der Waals surface area contributed by atoms with Crippen LogP contribution < -0.4 is 10.6 Å². The molecule has 2 aliphatic heterocycles. The summed E-state index contributed by atoms with van der Waals surface area (Å²) >= 11 is 0. The van der Waals surface area contributed by atoms with E-state index in [1.54, 1.807) is 18.3 Å². The third kappa shape index (κ3) is 3.46. The number of carbonyl (C=O) groups is 2. The first-order valence-corrected chi connectivity index (χ1v) is 9.78. The van der Waals surface area contributed by atoms with Gasteiger partial charge in [-0.15, -0.1) is 0 Å². The van der Waals surface area contributed by atoms with Crippen LogP contribution in [0.25, 0.3) is 0 Å². The second-order valence-electron chi connectivity index (χ2n) is 8.12. The van der Waals surface area contributed by atoms with Crippen LogP contribution in [0.3, 0.4) is 0 Å². The summed E-state index contributed by atoms with van der Waals surface area (Å²) in [4.78, 5) is 32.8. The number of rotatable bonds is 3. The zero-order valence-electron chi connectivity index (χ0n) is 16.2. The monoisotopic (exact) mass is 378 g/mol. The minimum atomic E-state index is -0.435. The molecule has 6 heteroatoms. The molecule has 2 amide bonds.